The van der Waals surface area contributed by atoms with E-state index in [-0.39, 0.29) is 17.1 Å². The fraction of sp³-hybridized carbons (Fsp3) is 0. The first-order valence-corrected chi connectivity index (χ1v) is 2.24. The number of imidazole rings is 1. The lowest BCUT2D eigenvalue weighted by molar-refractivity contribution is 0.0993. The topological polar surface area (TPSA) is 124 Å². The molecule has 10 heavy (non-hydrogen) atoms. The highest BCUT2D eigenvalue weighted by atomic mass is 16.3. The lowest BCUT2D eigenvalue weighted by Gasteiger charge is -1.85. The van der Waals surface area contributed by atoms with Gasteiger partial charge < -0.3 is 21.3 Å². The van der Waals surface area contributed by atoms with Gasteiger partial charge in [-0.3, -0.25) is 4.79 Å². The number of nitrogens with two attached hydrogens (primary N) is 1. The molecule has 0 saturated carbocycles. The molecule has 0 aliphatic carbocycles. The Morgan fingerprint density at radius 3 is 2.60 bits per heavy atom. The predicted octanol–water partition coefficient (Wildman–Crippen LogP) is -1.61. The van der Waals surface area contributed by atoms with Crippen molar-refractivity contribution in [2.75, 3.05) is 0 Å². The molecule has 1 amide bonds. The number of nitrogens with zero attached hydrogens (tertiary/aromatic N) is 1. The van der Waals surface area contributed by atoms with Crippen molar-refractivity contribution in [3.8, 4) is 5.88 Å². The Morgan fingerprint density at radius 2 is 2.40 bits per heavy atom. The van der Waals surface area contributed by atoms with Gasteiger partial charge in [0.1, 0.15) is 0 Å². The van der Waals surface area contributed by atoms with Crippen molar-refractivity contribution in [1.82, 2.24) is 9.97 Å². The Hall–Kier alpha value is -1.56. The monoisotopic (exact) mass is 145 g/mol. The zero-order valence-electron chi connectivity index (χ0n) is 4.96. The fourth-order valence-electron chi connectivity index (χ4n) is 0.468. The van der Waals surface area contributed by atoms with Crippen LogP contribution < -0.4 is 5.73 Å². The Kier molecular flexibility index (Phi) is 2.39. The van der Waals surface area contributed by atoms with Crippen molar-refractivity contribution in [2.45, 2.75) is 0 Å². The number of rotatable bonds is 1. The number of carbonyl (C=O) groups excluding carboxylic acids is 1. The number of hydrogen-bond donors (Lipinski definition) is 3. The molecule has 0 unspecified atom stereocenters. The minimum Gasteiger partial charge on any atom is -0.493 e. The number of carbonyl (C=O) groups is 1. The number of amides is 1. The van der Waals surface area contributed by atoms with Crippen LogP contribution in [-0.2, 0) is 0 Å². The highest BCUT2D eigenvalue weighted by molar-refractivity contribution is 5.92. The van der Waals surface area contributed by atoms with E-state index in [2.05, 4.69) is 9.97 Å². The van der Waals surface area contributed by atoms with Gasteiger partial charge in [-0.2, -0.15) is 0 Å². The molecule has 6 N–H and O–H groups in total. The second kappa shape index (κ2) is 2.83. The van der Waals surface area contributed by atoms with Crippen LogP contribution in [0.1, 0.15) is 10.5 Å². The Morgan fingerprint density at radius 1 is 1.80 bits per heavy atom. The molecule has 1 aromatic rings. The van der Waals surface area contributed by atoms with E-state index in [9.17, 15) is 4.79 Å². The molecule has 0 bridgehead atoms. The molecule has 6 nitrogen and oxygen atoms in total. The van der Waals surface area contributed by atoms with Crippen molar-refractivity contribution < 1.29 is 15.4 Å². The van der Waals surface area contributed by atoms with Crippen LogP contribution in [0.4, 0.5) is 0 Å². The molecule has 0 aromatic carbocycles. The van der Waals surface area contributed by atoms with Gasteiger partial charge in [-0.1, -0.05) is 0 Å². The maximum Gasteiger partial charge on any atom is 0.272 e. The van der Waals surface area contributed by atoms with Crippen molar-refractivity contribution in [3.63, 3.8) is 0 Å². The Bertz CT molecular complexity index is 231. The Balaban J connectivity index is 0.000000810. The van der Waals surface area contributed by atoms with Gasteiger partial charge in [0.25, 0.3) is 5.91 Å². The Labute approximate surface area is 56.0 Å². The number of aromatic hydroxyl groups is 1. The number of aromatic nitrogens is 2. The van der Waals surface area contributed by atoms with Gasteiger partial charge >= 0.3 is 0 Å². The molecule has 1 aromatic heterocycles. The molecule has 0 fully saturated rings. The van der Waals surface area contributed by atoms with E-state index in [4.69, 9.17) is 10.8 Å². The predicted molar refractivity (Wildman–Crippen MR) is 32.4 cm³/mol. The number of nitrogens with one attached hydrogen (secondary N) is 1. The summed E-state index contributed by atoms with van der Waals surface area (Å²) >= 11 is 0. The fourth-order valence-corrected chi connectivity index (χ4v) is 0.468. The van der Waals surface area contributed by atoms with Crippen LogP contribution in [0.15, 0.2) is 6.33 Å². The van der Waals surface area contributed by atoms with Gasteiger partial charge in [-0.25, -0.2) is 4.98 Å². The highest BCUT2D eigenvalue weighted by Crippen LogP contribution is 2.06. The first kappa shape index (κ1) is 8.44. The molecule has 56 valence electrons. The molecule has 1 heterocycles. The van der Waals surface area contributed by atoms with Gasteiger partial charge in [0.15, 0.2) is 5.69 Å². The largest absolute Gasteiger partial charge is 0.493 e. The summed E-state index contributed by atoms with van der Waals surface area (Å²) in [6.45, 7) is 0. The normalized spacial score (nSPS) is 8.40. The van der Waals surface area contributed by atoms with Crippen LogP contribution in [0.25, 0.3) is 0 Å². The summed E-state index contributed by atoms with van der Waals surface area (Å²) in [5.41, 5.74) is 4.65. The lowest BCUT2D eigenvalue weighted by atomic mass is 10.4. The van der Waals surface area contributed by atoms with Crippen LogP contribution in [0.2, 0.25) is 0 Å². The molecule has 0 radical (unpaired) electrons. The maximum atomic E-state index is 10.3. The highest BCUT2D eigenvalue weighted by Gasteiger charge is 2.07. The lowest BCUT2D eigenvalue weighted by Crippen LogP contribution is -2.11. The van der Waals surface area contributed by atoms with Crippen molar-refractivity contribution in [2.24, 2.45) is 5.73 Å². The SMILES string of the molecule is NC(=O)c1nc[nH]c1O.O. The standard InChI is InChI=1S/C4H5N3O2.H2O/c5-3(8)2-4(9)7-1-6-2;/h1,9H,(H2,5,8)(H,6,7);1H2. The van der Waals surface area contributed by atoms with Gasteiger partial charge in [-0.15, -0.1) is 0 Å². The number of primary amides is 1. The molecular formula is C4H7N3O3. The molecule has 0 saturated heterocycles. The van der Waals surface area contributed by atoms with E-state index in [1.165, 1.54) is 6.33 Å². The first-order chi connectivity index (χ1) is 4.22. The zero-order chi connectivity index (χ0) is 6.85. The number of aromatic amines is 1. The van der Waals surface area contributed by atoms with Crippen LogP contribution in [0.3, 0.4) is 0 Å². The third-order valence-electron chi connectivity index (χ3n) is 0.853. The van der Waals surface area contributed by atoms with E-state index < -0.39 is 5.91 Å². The zero-order valence-corrected chi connectivity index (χ0v) is 4.96. The summed E-state index contributed by atoms with van der Waals surface area (Å²) in [4.78, 5) is 16.0. The van der Waals surface area contributed by atoms with Crippen LogP contribution in [0, 0.1) is 0 Å². The summed E-state index contributed by atoms with van der Waals surface area (Å²) in [6, 6.07) is 0. The first-order valence-electron chi connectivity index (χ1n) is 2.24. The van der Waals surface area contributed by atoms with Crippen LogP contribution >= 0.6 is 0 Å². The van der Waals surface area contributed by atoms with Crippen molar-refractivity contribution in [3.05, 3.63) is 12.0 Å². The average molecular weight is 145 g/mol. The van der Waals surface area contributed by atoms with Gasteiger partial charge in [0, 0.05) is 0 Å². The quantitative estimate of drug-likeness (QED) is 0.440. The van der Waals surface area contributed by atoms with Crippen molar-refractivity contribution >= 4 is 5.91 Å². The summed E-state index contributed by atoms with van der Waals surface area (Å²) in [7, 11) is 0. The minimum absolute atomic E-state index is 0. The second-order valence-corrected chi connectivity index (χ2v) is 1.46. The molecule has 0 spiro atoms. The van der Waals surface area contributed by atoms with Gasteiger partial charge in [0.05, 0.1) is 6.33 Å². The molecule has 1 rings (SSSR count). The average Bonchev–Trinajstić information content (AvgIpc) is 2.13. The van der Waals surface area contributed by atoms with E-state index in [1.807, 2.05) is 0 Å². The van der Waals surface area contributed by atoms with Crippen molar-refractivity contribution in [1.29, 1.82) is 0 Å². The van der Waals surface area contributed by atoms with Crippen LogP contribution in [-0.4, -0.2) is 26.5 Å². The minimum atomic E-state index is -0.742. The molecule has 6 heteroatoms. The van der Waals surface area contributed by atoms with E-state index in [0.717, 1.165) is 0 Å². The molecule has 0 atom stereocenters. The summed E-state index contributed by atoms with van der Waals surface area (Å²) in [5.74, 6) is -1.03. The van der Waals surface area contributed by atoms with E-state index >= 15 is 0 Å². The molecule has 0 aliphatic heterocycles. The van der Waals surface area contributed by atoms with Crippen LogP contribution in [0.5, 0.6) is 5.88 Å². The summed E-state index contributed by atoms with van der Waals surface area (Å²) in [5, 5.41) is 8.70. The van der Waals surface area contributed by atoms with E-state index in [0.29, 0.717) is 0 Å². The number of H-pyrrole nitrogens is 1. The third-order valence-corrected chi connectivity index (χ3v) is 0.853. The number of hydrogen-bond acceptors (Lipinski definition) is 3. The second-order valence-electron chi connectivity index (χ2n) is 1.46. The third kappa shape index (κ3) is 1.23. The van der Waals surface area contributed by atoms with Gasteiger partial charge in [-0.05, 0) is 0 Å². The summed E-state index contributed by atoms with van der Waals surface area (Å²) < 4.78 is 0. The van der Waals surface area contributed by atoms with Gasteiger partial charge in [0.2, 0.25) is 5.88 Å². The molecular weight excluding hydrogens is 138 g/mol. The smallest absolute Gasteiger partial charge is 0.272 e. The maximum absolute atomic E-state index is 10.3. The van der Waals surface area contributed by atoms with E-state index in [1.54, 1.807) is 0 Å². The molecule has 0 aliphatic rings. The summed E-state index contributed by atoms with van der Waals surface area (Å²) in [6.07, 6.45) is 1.19.